The minimum atomic E-state index is -0.817. The van der Waals surface area contributed by atoms with E-state index in [-0.39, 0.29) is 0 Å². The van der Waals surface area contributed by atoms with E-state index in [1.807, 2.05) is 26.0 Å². The molecule has 1 N–H and O–H groups in total. The van der Waals surface area contributed by atoms with Crippen LogP contribution in [0.4, 0.5) is 0 Å². The van der Waals surface area contributed by atoms with Gasteiger partial charge in [0.15, 0.2) is 0 Å². The van der Waals surface area contributed by atoms with Gasteiger partial charge in [0.1, 0.15) is 0 Å². The number of aromatic carboxylic acids is 1. The number of hydrogen-bond donors (Lipinski definition) is 1. The molecule has 1 unspecified atom stereocenters. The Labute approximate surface area is 125 Å². The predicted octanol–water partition coefficient (Wildman–Crippen LogP) is 4.06. The average Bonchev–Trinajstić information content (AvgIpc) is 2.43. The Morgan fingerprint density at radius 2 is 2.14 bits per heavy atom. The van der Waals surface area contributed by atoms with Crippen LogP contribution in [0.3, 0.4) is 0 Å². The lowest BCUT2D eigenvalue weighted by molar-refractivity contribution is 0.0697. The summed E-state index contributed by atoms with van der Waals surface area (Å²) < 4.78 is 0. The molecule has 0 amide bonds. The molecule has 0 bridgehead atoms. The predicted molar refractivity (Wildman–Crippen MR) is 84.0 cm³/mol. The van der Waals surface area contributed by atoms with Gasteiger partial charge in [-0.25, -0.2) is 4.79 Å². The first-order chi connectivity index (χ1) is 10.0. The second-order valence-electron chi connectivity index (χ2n) is 6.21. The fourth-order valence-corrected chi connectivity index (χ4v) is 3.61. The van der Waals surface area contributed by atoms with E-state index < -0.39 is 5.97 Å². The van der Waals surface area contributed by atoms with Crippen molar-refractivity contribution in [3.05, 3.63) is 40.1 Å². The molecule has 3 rings (SSSR count). The van der Waals surface area contributed by atoms with Gasteiger partial charge in [0.2, 0.25) is 0 Å². The van der Waals surface area contributed by atoms with Gasteiger partial charge in [-0.05, 0) is 61.8 Å². The highest BCUT2D eigenvalue weighted by atomic mass is 16.4. The summed E-state index contributed by atoms with van der Waals surface area (Å²) in [5, 5.41) is 10.6. The van der Waals surface area contributed by atoms with E-state index in [1.54, 1.807) is 0 Å². The summed E-state index contributed by atoms with van der Waals surface area (Å²) in [7, 11) is 0. The zero-order chi connectivity index (χ0) is 15.1. The Balaban J connectivity index is 2.35. The highest BCUT2D eigenvalue weighted by molar-refractivity contribution is 6.05. The van der Waals surface area contributed by atoms with Crippen LogP contribution < -0.4 is 0 Å². The third-order valence-corrected chi connectivity index (χ3v) is 4.69. The van der Waals surface area contributed by atoms with Crippen LogP contribution in [0, 0.1) is 19.8 Å². The van der Waals surface area contributed by atoms with Crippen molar-refractivity contribution in [1.29, 1.82) is 0 Å². The Morgan fingerprint density at radius 3 is 2.81 bits per heavy atom. The molecule has 1 aromatic heterocycles. The molecule has 1 atom stereocenters. The largest absolute Gasteiger partial charge is 0.478 e. The van der Waals surface area contributed by atoms with Crippen molar-refractivity contribution in [2.75, 3.05) is 0 Å². The molecule has 21 heavy (non-hydrogen) atoms. The quantitative estimate of drug-likeness (QED) is 0.904. The zero-order valence-corrected chi connectivity index (χ0v) is 12.9. The van der Waals surface area contributed by atoms with Gasteiger partial charge in [-0.3, -0.25) is 4.98 Å². The van der Waals surface area contributed by atoms with Crippen molar-refractivity contribution in [2.45, 2.75) is 46.5 Å². The molecule has 2 aromatic rings. The summed E-state index contributed by atoms with van der Waals surface area (Å²) in [4.78, 5) is 16.7. The van der Waals surface area contributed by atoms with E-state index >= 15 is 0 Å². The third-order valence-electron chi connectivity index (χ3n) is 4.69. The molecule has 0 saturated carbocycles. The van der Waals surface area contributed by atoms with E-state index in [0.29, 0.717) is 11.5 Å². The highest BCUT2D eigenvalue weighted by Crippen LogP contribution is 2.34. The summed E-state index contributed by atoms with van der Waals surface area (Å²) in [5.74, 6) is -0.233. The van der Waals surface area contributed by atoms with Gasteiger partial charge in [0, 0.05) is 11.1 Å². The van der Waals surface area contributed by atoms with Gasteiger partial charge in [0.05, 0.1) is 11.1 Å². The Bertz CT molecular complexity index is 734. The number of nitrogens with zero attached hydrogens (tertiary/aromatic N) is 1. The molecule has 1 aliphatic rings. The topological polar surface area (TPSA) is 50.2 Å². The number of benzene rings is 1. The standard InChI is InChI=1S/C18H21NO2/c1-4-12-5-6-14-13(9-12)17(18(20)21)16-11(3)7-10(2)8-15(16)19-14/h7-8,12H,4-6,9H2,1-3H3,(H,20,21). The molecule has 110 valence electrons. The molecular weight excluding hydrogens is 262 g/mol. The molecule has 3 nitrogen and oxygen atoms in total. The number of fused-ring (bicyclic) bond motifs is 2. The van der Waals surface area contributed by atoms with Crippen molar-refractivity contribution in [2.24, 2.45) is 5.92 Å². The summed E-state index contributed by atoms with van der Waals surface area (Å²) in [6.45, 7) is 6.19. The first-order valence-corrected chi connectivity index (χ1v) is 7.67. The van der Waals surface area contributed by atoms with Crippen LogP contribution >= 0.6 is 0 Å². The maximum Gasteiger partial charge on any atom is 0.336 e. The number of carboxylic acid groups (broad SMARTS) is 1. The van der Waals surface area contributed by atoms with E-state index in [9.17, 15) is 9.90 Å². The SMILES string of the molecule is CCC1CCc2nc3cc(C)cc(C)c3c(C(=O)O)c2C1. The smallest absolute Gasteiger partial charge is 0.336 e. The summed E-state index contributed by atoms with van der Waals surface area (Å²) >= 11 is 0. The van der Waals surface area contributed by atoms with Crippen LogP contribution in [0.5, 0.6) is 0 Å². The van der Waals surface area contributed by atoms with Gasteiger partial charge in [-0.1, -0.05) is 19.4 Å². The molecule has 3 heteroatoms. The molecule has 0 saturated heterocycles. The fraction of sp³-hybridized carbons (Fsp3) is 0.444. The van der Waals surface area contributed by atoms with E-state index in [2.05, 4.69) is 6.92 Å². The average molecular weight is 283 g/mol. The van der Waals surface area contributed by atoms with Crippen LogP contribution in [-0.4, -0.2) is 16.1 Å². The van der Waals surface area contributed by atoms with Crippen LogP contribution in [0.25, 0.3) is 10.9 Å². The number of carboxylic acids is 1. The number of hydrogen-bond acceptors (Lipinski definition) is 2. The maximum atomic E-state index is 11.9. The van der Waals surface area contributed by atoms with Gasteiger partial charge < -0.3 is 5.11 Å². The number of carbonyl (C=O) groups is 1. The Hall–Kier alpha value is -1.90. The van der Waals surface area contributed by atoms with Gasteiger partial charge in [-0.2, -0.15) is 0 Å². The van der Waals surface area contributed by atoms with Gasteiger partial charge in [0.25, 0.3) is 0 Å². The Kier molecular flexibility index (Phi) is 3.44. The lowest BCUT2D eigenvalue weighted by Crippen LogP contribution is -2.19. The van der Waals surface area contributed by atoms with Crippen molar-refractivity contribution < 1.29 is 9.90 Å². The number of rotatable bonds is 2. The molecular formula is C18H21NO2. The molecule has 0 spiro atoms. The van der Waals surface area contributed by atoms with Crippen molar-refractivity contribution in [1.82, 2.24) is 4.98 Å². The zero-order valence-electron chi connectivity index (χ0n) is 12.9. The third kappa shape index (κ3) is 2.31. The lowest BCUT2D eigenvalue weighted by atomic mass is 9.81. The van der Waals surface area contributed by atoms with Crippen molar-refractivity contribution >= 4 is 16.9 Å². The molecule has 0 radical (unpaired) electrons. The molecule has 0 aliphatic heterocycles. The van der Waals surface area contributed by atoms with Crippen LogP contribution in [-0.2, 0) is 12.8 Å². The molecule has 1 aliphatic carbocycles. The molecule has 0 fully saturated rings. The summed E-state index contributed by atoms with van der Waals surface area (Å²) in [5.41, 5.74) is 5.43. The van der Waals surface area contributed by atoms with Gasteiger partial charge in [-0.15, -0.1) is 0 Å². The van der Waals surface area contributed by atoms with Crippen LogP contribution in [0.1, 0.15) is 52.5 Å². The van der Waals surface area contributed by atoms with Crippen LogP contribution in [0.2, 0.25) is 0 Å². The Morgan fingerprint density at radius 1 is 1.38 bits per heavy atom. The second-order valence-corrected chi connectivity index (χ2v) is 6.21. The summed E-state index contributed by atoms with van der Waals surface area (Å²) in [6, 6.07) is 4.05. The first kappa shape index (κ1) is 14.1. The number of aryl methyl sites for hydroxylation is 3. The van der Waals surface area contributed by atoms with E-state index in [4.69, 9.17) is 4.98 Å². The van der Waals surface area contributed by atoms with Crippen molar-refractivity contribution in [3.8, 4) is 0 Å². The van der Waals surface area contributed by atoms with E-state index in [1.165, 1.54) is 0 Å². The van der Waals surface area contributed by atoms with Gasteiger partial charge >= 0.3 is 5.97 Å². The minimum absolute atomic E-state index is 0.491. The second kappa shape index (κ2) is 5.14. The highest BCUT2D eigenvalue weighted by Gasteiger charge is 2.26. The number of aromatic nitrogens is 1. The molecule has 1 aromatic carbocycles. The summed E-state index contributed by atoms with van der Waals surface area (Å²) in [6.07, 6.45) is 3.97. The normalized spacial score (nSPS) is 17.8. The maximum absolute atomic E-state index is 11.9. The fourth-order valence-electron chi connectivity index (χ4n) is 3.61. The minimum Gasteiger partial charge on any atom is -0.478 e. The van der Waals surface area contributed by atoms with Crippen LogP contribution in [0.15, 0.2) is 12.1 Å². The number of pyridine rings is 1. The monoisotopic (exact) mass is 283 g/mol. The molecule has 1 heterocycles. The van der Waals surface area contributed by atoms with E-state index in [0.717, 1.165) is 59.0 Å². The lowest BCUT2D eigenvalue weighted by Gasteiger charge is -2.25. The first-order valence-electron chi connectivity index (χ1n) is 7.67. The van der Waals surface area contributed by atoms with Crippen molar-refractivity contribution in [3.63, 3.8) is 0 Å².